The Bertz CT molecular complexity index is 457. The minimum absolute atomic E-state index is 0.0852. The van der Waals surface area contributed by atoms with Crippen LogP contribution in [0.1, 0.15) is 19.4 Å². The maximum atomic E-state index is 13.5. The second-order valence-electron chi connectivity index (χ2n) is 3.68. The van der Waals surface area contributed by atoms with Crippen LogP contribution in [0.5, 0.6) is 0 Å². The Balaban J connectivity index is 3.01. The van der Waals surface area contributed by atoms with E-state index in [4.69, 9.17) is 11.1 Å². The van der Waals surface area contributed by atoms with Crippen molar-refractivity contribution in [3.63, 3.8) is 0 Å². The molecule has 0 aliphatic carbocycles. The second kappa shape index (κ2) is 6.00. The first kappa shape index (κ1) is 14.0. The molecule has 0 saturated carbocycles. The van der Waals surface area contributed by atoms with E-state index in [2.05, 4.69) is 5.32 Å². The van der Waals surface area contributed by atoms with Gasteiger partial charge in [0.15, 0.2) is 0 Å². The minimum Gasteiger partial charge on any atom is -0.384 e. The molecule has 0 radical (unpaired) electrons. The normalized spacial score (nSPS) is 9.94. The van der Waals surface area contributed by atoms with Crippen molar-refractivity contribution in [2.24, 2.45) is 5.73 Å². The summed E-state index contributed by atoms with van der Waals surface area (Å²) in [6, 6.07) is 3.83. The monoisotopic (exact) mass is 252 g/mol. The lowest BCUT2D eigenvalue weighted by Gasteiger charge is -2.20. The number of urea groups is 1. The highest BCUT2D eigenvalue weighted by atomic mass is 19.1. The summed E-state index contributed by atoms with van der Waals surface area (Å²) in [5, 5.41) is 9.89. The molecule has 0 aliphatic rings. The van der Waals surface area contributed by atoms with Crippen molar-refractivity contribution in [2.75, 3.05) is 18.4 Å². The Kier molecular flexibility index (Phi) is 4.65. The molecule has 0 fully saturated rings. The summed E-state index contributed by atoms with van der Waals surface area (Å²) in [7, 11) is 0. The molecule has 0 atom stereocenters. The van der Waals surface area contributed by atoms with Crippen LogP contribution in [0.25, 0.3) is 0 Å². The van der Waals surface area contributed by atoms with Gasteiger partial charge in [0, 0.05) is 13.1 Å². The minimum atomic E-state index is -0.625. The number of carbonyl (C=O) groups excluding carboxylic acids is 1. The topological polar surface area (TPSA) is 82.2 Å². The number of carbonyl (C=O) groups is 1. The predicted octanol–water partition coefficient (Wildman–Crippen LogP) is 1.98. The summed E-state index contributed by atoms with van der Waals surface area (Å²) in [4.78, 5) is 13.4. The molecule has 98 valence electrons. The Hall–Kier alpha value is -2.11. The van der Waals surface area contributed by atoms with Gasteiger partial charge in [-0.15, -0.1) is 0 Å². The largest absolute Gasteiger partial charge is 0.384 e. The molecular formula is C12H17FN4O. The van der Waals surface area contributed by atoms with Crippen molar-refractivity contribution < 1.29 is 9.18 Å². The maximum Gasteiger partial charge on any atom is 0.321 e. The summed E-state index contributed by atoms with van der Waals surface area (Å²) in [5.41, 5.74) is 5.43. The third kappa shape index (κ3) is 2.97. The number of halogens is 1. The standard InChI is InChI=1S/C12H17FN4O/c1-3-17(4-2)12(18)16-9-7-5-6-8(13)10(9)11(14)15/h5-7H,3-4H2,1-2H3,(H3,14,15)(H,16,18). The third-order valence-corrected chi connectivity index (χ3v) is 2.58. The molecule has 0 bridgehead atoms. The summed E-state index contributed by atoms with van der Waals surface area (Å²) < 4.78 is 13.5. The first-order valence-electron chi connectivity index (χ1n) is 5.70. The first-order valence-corrected chi connectivity index (χ1v) is 5.70. The Morgan fingerprint density at radius 3 is 2.56 bits per heavy atom. The molecule has 1 rings (SSSR count). The highest BCUT2D eigenvalue weighted by Gasteiger charge is 2.15. The molecule has 4 N–H and O–H groups in total. The highest BCUT2D eigenvalue weighted by molar-refractivity contribution is 6.04. The highest BCUT2D eigenvalue weighted by Crippen LogP contribution is 2.18. The van der Waals surface area contributed by atoms with Crippen molar-refractivity contribution in [1.82, 2.24) is 4.90 Å². The van der Waals surface area contributed by atoms with E-state index in [9.17, 15) is 9.18 Å². The molecule has 0 heterocycles. The fourth-order valence-electron chi connectivity index (χ4n) is 1.61. The average Bonchev–Trinajstić information content (AvgIpc) is 2.30. The van der Waals surface area contributed by atoms with Gasteiger partial charge in [-0.1, -0.05) is 6.07 Å². The number of hydrogen-bond donors (Lipinski definition) is 3. The van der Waals surface area contributed by atoms with Gasteiger partial charge in [-0.2, -0.15) is 0 Å². The van der Waals surface area contributed by atoms with Gasteiger partial charge in [0.25, 0.3) is 0 Å². The molecule has 1 aromatic rings. The van der Waals surface area contributed by atoms with Crippen molar-refractivity contribution in [3.05, 3.63) is 29.6 Å². The van der Waals surface area contributed by atoms with Crippen molar-refractivity contribution in [1.29, 1.82) is 5.41 Å². The fraction of sp³-hybridized carbons (Fsp3) is 0.333. The van der Waals surface area contributed by atoms with Crippen molar-refractivity contribution >= 4 is 17.6 Å². The van der Waals surface area contributed by atoms with Gasteiger partial charge in [0.05, 0.1) is 11.3 Å². The number of benzene rings is 1. The quantitative estimate of drug-likeness (QED) is 0.565. The van der Waals surface area contributed by atoms with Crippen LogP contribution in [0.15, 0.2) is 18.2 Å². The zero-order valence-electron chi connectivity index (χ0n) is 10.5. The van der Waals surface area contributed by atoms with Gasteiger partial charge >= 0.3 is 6.03 Å². The summed E-state index contributed by atoms with van der Waals surface area (Å²) in [5.74, 6) is -1.04. The molecule has 0 unspecified atom stereocenters. The smallest absolute Gasteiger partial charge is 0.321 e. The van der Waals surface area contributed by atoms with Crippen LogP contribution < -0.4 is 11.1 Å². The summed E-state index contributed by atoms with van der Waals surface area (Å²) in [6.07, 6.45) is 0. The van der Waals surface area contributed by atoms with Crippen LogP contribution in [0.4, 0.5) is 14.9 Å². The molecule has 0 aliphatic heterocycles. The SMILES string of the molecule is CCN(CC)C(=O)Nc1cccc(F)c1C(=N)N. The zero-order valence-corrected chi connectivity index (χ0v) is 10.5. The average molecular weight is 252 g/mol. The van der Waals surface area contributed by atoms with Gasteiger partial charge in [0.1, 0.15) is 11.7 Å². The lowest BCUT2D eigenvalue weighted by Crippen LogP contribution is -2.35. The van der Waals surface area contributed by atoms with E-state index in [1.807, 2.05) is 13.8 Å². The lowest BCUT2D eigenvalue weighted by atomic mass is 10.1. The van der Waals surface area contributed by atoms with E-state index in [0.29, 0.717) is 13.1 Å². The fourth-order valence-corrected chi connectivity index (χ4v) is 1.61. The molecule has 0 aromatic heterocycles. The van der Waals surface area contributed by atoms with Gasteiger partial charge in [0.2, 0.25) is 0 Å². The lowest BCUT2D eigenvalue weighted by molar-refractivity contribution is 0.217. The number of amides is 2. The Labute approximate surface area is 105 Å². The summed E-state index contributed by atoms with van der Waals surface area (Å²) >= 11 is 0. The van der Waals surface area contributed by atoms with Crippen LogP contribution in [0.3, 0.4) is 0 Å². The first-order chi connectivity index (χ1) is 8.51. The summed E-state index contributed by atoms with van der Waals surface area (Å²) in [6.45, 7) is 4.79. The van der Waals surface area contributed by atoms with Crippen molar-refractivity contribution in [3.8, 4) is 0 Å². The number of nitrogens with one attached hydrogen (secondary N) is 2. The van der Waals surface area contributed by atoms with E-state index >= 15 is 0 Å². The van der Waals surface area contributed by atoms with Crippen molar-refractivity contribution in [2.45, 2.75) is 13.8 Å². The number of anilines is 1. The van der Waals surface area contributed by atoms with Gasteiger partial charge in [-0.25, -0.2) is 9.18 Å². The molecular weight excluding hydrogens is 235 g/mol. The number of amidine groups is 1. The number of nitrogens with zero attached hydrogens (tertiary/aromatic N) is 1. The van der Waals surface area contributed by atoms with E-state index in [1.165, 1.54) is 18.2 Å². The van der Waals surface area contributed by atoms with E-state index in [1.54, 1.807) is 4.90 Å². The third-order valence-electron chi connectivity index (χ3n) is 2.58. The molecule has 5 nitrogen and oxygen atoms in total. The molecule has 2 amide bonds. The number of rotatable bonds is 4. The molecule has 0 spiro atoms. The van der Waals surface area contributed by atoms with Crippen LogP contribution in [0, 0.1) is 11.2 Å². The zero-order chi connectivity index (χ0) is 13.7. The van der Waals surface area contributed by atoms with Crippen LogP contribution in [-0.4, -0.2) is 29.9 Å². The van der Waals surface area contributed by atoms with Crippen LogP contribution in [0.2, 0.25) is 0 Å². The molecule has 6 heteroatoms. The Morgan fingerprint density at radius 2 is 2.06 bits per heavy atom. The van der Waals surface area contributed by atoms with E-state index in [-0.39, 0.29) is 17.3 Å². The Morgan fingerprint density at radius 1 is 1.44 bits per heavy atom. The number of nitrogens with two attached hydrogens (primary N) is 1. The van der Waals surface area contributed by atoms with Crippen LogP contribution in [-0.2, 0) is 0 Å². The molecule has 18 heavy (non-hydrogen) atoms. The van der Waals surface area contributed by atoms with Crippen LogP contribution >= 0.6 is 0 Å². The second-order valence-corrected chi connectivity index (χ2v) is 3.68. The van der Waals surface area contributed by atoms with E-state index in [0.717, 1.165) is 0 Å². The number of hydrogen-bond acceptors (Lipinski definition) is 2. The van der Waals surface area contributed by atoms with Gasteiger partial charge < -0.3 is 16.0 Å². The number of nitrogen functional groups attached to an aromatic ring is 1. The molecule has 0 saturated heterocycles. The maximum absolute atomic E-state index is 13.5. The van der Waals surface area contributed by atoms with Gasteiger partial charge in [-0.3, -0.25) is 5.41 Å². The van der Waals surface area contributed by atoms with E-state index < -0.39 is 11.7 Å². The van der Waals surface area contributed by atoms with Gasteiger partial charge in [-0.05, 0) is 26.0 Å². The predicted molar refractivity (Wildman–Crippen MR) is 69.4 cm³/mol. The molecule has 1 aromatic carbocycles.